The molecule has 180 valence electrons. The van der Waals surface area contributed by atoms with Crippen LogP contribution in [0.3, 0.4) is 0 Å². The molecule has 0 spiro atoms. The Hall–Kier alpha value is -4.83. The highest BCUT2D eigenvalue weighted by Gasteiger charge is 2.19. The summed E-state index contributed by atoms with van der Waals surface area (Å²) in [5, 5.41) is 13.5. The lowest BCUT2D eigenvalue weighted by atomic mass is 10.0. The summed E-state index contributed by atoms with van der Waals surface area (Å²) >= 11 is 0. The van der Waals surface area contributed by atoms with Gasteiger partial charge in [0.05, 0.1) is 19.4 Å². The zero-order valence-electron chi connectivity index (χ0n) is 20.3. The monoisotopic (exact) mass is 478 g/mol. The lowest BCUT2D eigenvalue weighted by molar-refractivity contribution is -0.121. The Morgan fingerprint density at radius 1 is 0.972 bits per heavy atom. The molecule has 36 heavy (non-hydrogen) atoms. The smallest absolute Gasteiger partial charge is 0.261 e. The number of amides is 1. The number of methoxy groups -OCH3 is 1. The van der Waals surface area contributed by atoms with Crippen molar-refractivity contribution in [1.82, 2.24) is 9.99 Å². The van der Waals surface area contributed by atoms with Gasteiger partial charge in [-0.05, 0) is 74.0 Å². The van der Waals surface area contributed by atoms with E-state index in [0.29, 0.717) is 5.56 Å². The van der Waals surface area contributed by atoms with E-state index in [2.05, 4.69) is 15.1 Å². The zero-order chi connectivity index (χ0) is 25.5. The predicted octanol–water partition coefficient (Wildman–Crippen LogP) is 5.65. The van der Waals surface area contributed by atoms with Crippen molar-refractivity contribution in [2.45, 2.75) is 19.8 Å². The number of nitriles is 1. The van der Waals surface area contributed by atoms with E-state index in [1.807, 2.05) is 80.6 Å². The van der Waals surface area contributed by atoms with Crippen LogP contribution < -0.4 is 14.9 Å². The molecule has 1 aromatic heterocycles. The number of nitrogens with zero attached hydrogens (tertiary/aromatic N) is 3. The van der Waals surface area contributed by atoms with Gasteiger partial charge in [0, 0.05) is 22.6 Å². The molecule has 1 amide bonds. The third kappa shape index (κ3) is 5.45. The normalized spacial score (nSPS) is 11.6. The highest BCUT2D eigenvalue weighted by molar-refractivity contribution is 5.88. The molecule has 4 aromatic rings. The number of rotatable bonds is 8. The fraction of sp³-hybridized carbons (Fsp3) is 0.138. The molecule has 0 bridgehead atoms. The van der Waals surface area contributed by atoms with Crippen molar-refractivity contribution in [2.24, 2.45) is 5.10 Å². The summed E-state index contributed by atoms with van der Waals surface area (Å²) < 4.78 is 13.2. The molecular formula is C29H26N4O3. The van der Waals surface area contributed by atoms with Crippen molar-refractivity contribution in [3.05, 3.63) is 107 Å². The summed E-state index contributed by atoms with van der Waals surface area (Å²) in [6.07, 6.45) is 1.59. The highest BCUT2D eigenvalue weighted by atomic mass is 16.5. The standard InChI is InChI=1S/C29H26N4O3/c1-20-17-23(19-31-32-29(34)28(18-30)22-7-5-4-6-8-22)21(2)33(20)24-9-11-26(12-10-24)36-27-15-13-25(35-3)14-16-27/h4-17,19,28H,1-3H3,(H,32,34)/b31-19-/t28-/m0/s1. The Morgan fingerprint density at radius 2 is 1.58 bits per heavy atom. The molecule has 4 rings (SSSR count). The number of ether oxygens (including phenoxy) is 2. The van der Waals surface area contributed by atoms with Crippen LogP contribution in [0.4, 0.5) is 0 Å². The number of carbonyl (C=O) groups is 1. The fourth-order valence-electron chi connectivity index (χ4n) is 3.92. The van der Waals surface area contributed by atoms with Crippen molar-refractivity contribution < 1.29 is 14.3 Å². The SMILES string of the molecule is COc1ccc(Oc2ccc(-n3c(C)cc(/C=N\NC(=O)[C@@H](C#N)c4ccccc4)c3C)cc2)cc1. The van der Waals surface area contributed by atoms with Crippen LogP contribution in [0.5, 0.6) is 17.2 Å². The number of nitrogens with one attached hydrogen (secondary N) is 1. The van der Waals surface area contributed by atoms with Gasteiger partial charge in [0.25, 0.3) is 5.91 Å². The van der Waals surface area contributed by atoms with E-state index in [4.69, 9.17) is 9.47 Å². The molecule has 1 heterocycles. The van der Waals surface area contributed by atoms with E-state index in [0.717, 1.165) is 39.9 Å². The van der Waals surface area contributed by atoms with Crippen molar-refractivity contribution in [3.8, 4) is 29.0 Å². The topological polar surface area (TPSA) is 88.6 Å². The van der Waals surface area contributed by atoms with Gasteiger partial charge in [-0.15, -0.1) is 0 Å². The van der Waals surface area contributed by atoms with Gasteiger partial charge in [0.1, 0.15) is 17.2 Å². The minimum absolute atomic E-state index is 0.471. The molecule has 0 aliphatic heterocycles. The molecule has 0 aliphatic carbocycles. The Labute approximate surface area is 210 Å². The minimum Gasteiger partial charge on any atom is -0.497 e. The van der Waals surface area contributed by atoms with Crippen molar-refractivity contribution in [2.75, 3.05) is 7.11 Å². The number of hydrogen-bond acceptors (Lipinski definition) is 5. The lowest BCUT2D eigenvalue weighted by Gasteiger charge is -2.11. The van der Waals surface area contributed by atoms with Gasteiger partial charge in [-0.1, -0.05) is 30.3 Å². The van der Waals surface area contributed by atoms with Gasteiger partial charge in [-0.25, -0.2) is 5.43 Å². The Bertz CT molecular complexity index is 1400. The molecule has 0 saturated heterocycles. The predicted molar refractivity (Wildman–Crippen MR) is 139 cm³/mol. The first kappa shape index (κ1) is 24.3. The Balaban J connectivity index is 1.45. The molecule has 7 nitrogen and oxygen atoms in total. The molecule has 0 unspecified atom stereocenters. The third-order valence-electron chi connectivity index (χ3n) is 5.76. The molecule has 7 heteroatoms. The Morgan fingerprint density at radius 3 is 2.19 bits per heavy atom. The van der Waals surface area contributed by atoms with Gasteiger partial charge < -0.3 is 14.0 Å². The average Bonchev–Trinajstić information content (AvgIpc) is 3.18. The van der Waals surface area contributed by atoms with Crippen LogP contribution in [-0.2, 0) is 4.79 Å². The van der Waals surface area contributed by atoms with Crippen molar-refractivity contribution in [1.29, 1.82) is 5.26 Å². The maximum Gasteiger partial charge on any atom is 0.261 e. The molecule has 1 N–H and O–H groups in total. The average molecular weight is 479 g/mol. The highest BCUT2D eigenvalue weighted by Crippen LogP contribution is 2.26. The molecule has 0 fully saturated rings. The van der Waals surface area contributed by atoms with Crippen LogP contribution in [0.25, 0.3) is 5.69 Å². The van der Waals surface area contributed by atoms with Crippen LogP contribution in [0, 0.1) is 25.2 Å². The number of hydrogen-bond donors (Lipinski definition) is 1. The summed E-state index contributed by atoms with van der Waals surface area (Å²) in [6.45, 7) is 3.99. The van der Waals surface area contributed by atoms with Gasteiger partial charge in [0.15, 0.2) is 5.92 Å². The van der Waals surface area contributed by atoms with Gasteiger partial charge in [-0.3, -0.25) is 4.79 Å². The number of aromatic nitrogens is 1. The molecule has 3 aromatic carbocycles. The van der Waals surface area contributed by atoms with Crippen molar-refractivity contribution in [3.63, 3.8) is 0 Å². The van der Waals surface area contributed by atoms with Gasteiger partial charge >= 0.3 is 0 Å². The summed E-state index contributed by atoms with van der Waals surface area (Å²) in [7, 11) is 1.63. The third-order valence-corrected chi connectivity index (χ3v) is 5.76. The van der Waals surface area contributed by atoms with E-state index >= 15 is 0 Å². The molecule has 0 radical (unpaired) electrons. The van der Waals surface area contributed by atoms with Crippen molar-refractivity contribution >= 4 is 12.1 Å². The van der Waals surface area contributed by atoms with Gasteiger partial charge in [0.2, 0.25) is 0 Å². The molecular weight excluding hydrogens is 452 g/mol. The molecule has 0 saturated carbocycles. The largest absolute Gasteiger partial charge is 0.497 e. The van der Waals surface area contributed by atoms with E-state index in [9.17, 15) is 10.1 Å². The van der Waals surface area contributed by atoms with E-state index in [-0.39, 0.29) is 0 Å². The first-order valence-corrected chi connectivity index (χ1v) is 11.4. The van der Waals surface area contributed by atoms with Crippen LogP contribution in [-0.4, -0.2) is 23.8 Å². The fourth-order valence-corrected chi connectivity index (χ4v) is 3.92. The van der Waals surface area contributed by atoms with E-state index < -0.39 is 11.8 Å². The second-order valence-corrected chi connectivity index (χ2v) is 8.14. The van der Waals surface area contributed by atoms with Gasteiger partial charge in [-0.2, -0.15) is 10.4 Å². The maximum atomic E-state index is 12.5. The second kappa shape index (κ2) is 11.1. The lowest BCUT2D eigenvalue weighted by Crippen LogP contribution is -2.24. The minimum atomic E-state index is -0.922. The molecule has 0 aliphatic rings. The zero-order valence-corrected chi connectivity index (χ0v) is 20.3. The summed E-state index contributed by atoms with van der Waals surface area (Å²) in [4.78, 5) is 12.5. The molecule has 1 atom stereocenters. The van der Waals surface area contributed by atoms with E-state index in [1.54, 1.807) is 37.6 Å². The quantitative estimate of drug-likeness (QED) is 0.262. The first-order valence-electron chi connectivity index (χ1n) is 11.4. The number of aryl methyl sites for hydroxylation is 1. The number of hydrazone groups is 1. The maximum absolute atomic E-state index is 12.5. The van der Waals surface area contributed by atoms with Crippen LogP contribution in [0.15, 0.2) is 90.0 Å². The Kier molecular flexibility index (Phi) is 7.47. The van der Waals surface area contributed by atoms with Crippen LogP contribution in [0.2, 0.25) is 0 Å². The summed E-state index contributed by atoms with van der Waals surface area (Å²) in [5.41, 5.74) is 6.94. The second-order valence-electron chi connectivity index (χ2n) is 8.14. The van der Waals surface area contributed by atoms with E-state index in [1.165, 1.54) is 0 Å². The number of carbonyl (C=O) groups excluding carboxylic acids is 1. The summed E-state index contributed by atoms with van der Waals surface area (Å²) in [6, 6.07) is 28.2. The number of benzene rings is 3. The van der Waals surface area contributed by atoms with Crippen LogP contribution >= 0.6 is 0 Å². The summed E-state index contributed by atoms with van der Waals surface area (Å²) in [5.74, 6) is 0.830. The first-order chi connectivity index (χ1) is 17.5. The van der Waals surface area contributed by atoms with Crippen LogP contribution in [0.1, 0.15) is 28.4 Å².